The monoisotopic (exact) mass is 327 g/mol. The first-order valence-corrected chi connectivity index (χ1v) is 7.16. The summed E-state index contributed by atoms with van der Waals surface area (Å²) < 4.78 is 23.1. The highest BCUT2D eigenvalue weighted by molar-refractivity contribution is 5.91. The maximum absolute atomic E-state index is 12.8. The van der Waals surface area contributed by atoms with Gasteiger partial charge < -0.3 is 14.6 Å². The van der Waals surface area contributed by atoms with Crippen molar-refractivity contribution in [2.45, 2.75) is 6.42 Å². The molecule has 2 aromatic carbocycles. The fourth-order valence-corrected chi connectivity index (χ4v) is 2.08. The number of hydrogen-bond acceptors (Lipinski definition) is 5. The van der Waals surface area contributed by atoms with Crippen molar-refractivity contribution >= 4 is 11.6 Å². The minimum Gasteiger partial charge on any atom is -0.497 e. The Bertz CT molecular complexity index is 846. The molecule has 0 aliphatic carbocycles. The molecule has 3 aromatic rings. The van der Waals surface area contributed by atoms with Crippen molar-refractivity contribution in [3.8, 4) is 17.2 Å². The zero-order valence-corrected chi connectivity index (χ0v) is 12.8. The van der Waals surface area contributed by atoms with Crippen LogP contribution in [0.3, 0.4) is 0 Å². The number of amides is 1. The van der Waals surface area contributed by atoms with Crippen LogP contribution in [0.25, 0.3) is 11.5 Å². The third-order valence-electron chi connectivity index (χ3n) is 3.23. The maximum Gasteiger partial charge on any atom is 0.258 e. The number of nitrogens with one attached hydrogen (secondary N) is 1. The molecule has 0 fully saturated rings. The summed E-state index contributed by atoms with van der Waals surface area (Å²) in [6.45, 7) is 0. The lowest BCUT2D eigenvalue weighted by molar-refractivity contribution is -0.115. The lowest BCUT2D eigenvalue weighted by atomic mass is 10.2. The molecule has 0 aliphatic rings. The van der Waals surface area contributed by atoms with Gasteiger partial charge in [0, 0.05) is 11.3 Å². The van der Waals surface area contributed by atoms with Gasteiger partial charge in [0.2, 0.25) is 5.91 Å². The van der Waals surface area contributed by atoms with E-state index >= 15 is 0 Å². The molecule has 0 bridgehead atoms. The highest BCUT2D eigenvalue weighted by atomic mass is 19.1. The number of hydrogen-bond donors (Lipinski definition) is 1. The quantitative estimate of drug-likeness (QED) is 0.779. The first-order chi connectivity index (χ1) is 11.6. The van der Waals surface area contributed by atoms with E-state index in [-0.39, 0.29) is 24.0 Å². The van der Waals surface area contributed by atoms with Gasteiger partial charge in [0.05, 0.1) is 13.5 Å². The molecule has 0 atom stereocenters. The van der Waals surface area contributed by atoms with Crippen LogP contribution in [0.5, 0.6) is 5.75 Å². The Labute approximate surface area is 137 Å². The molecule has 0 radical (unpaired) electrons. The molecule has 3 rings (SSSR count). The Morgan fingerprint density at radius 3 is 2.79 bits per heavy atom. The maximum atomic E-state index is 12.8. The molecule has 122 valence electrons. The molecule has 0 saturated heterocycles. The van der Waals surface area contributed by atoms with Gasteiger partial charge in [0.1, 0.15) is 11.6 Å². The summed E-state index contributed by atoms with van der Waals surface area (Å²) in [4.78, 5) is 16.2. The zero-order chi connectivity index (χ0) is 16.9. The zero-order valence-electron chi connectivity index (χ0n) is 12.8. The Balaban J connectivity index is 1.67. The number of methoxy groups -OCH3 is 1. The average Bonchev–Trinajstić information content (AvgIpc) is 3.05. The molecule has 1 N–H and O–H groups in total. The smallest absolute Gasteiger partial charge is 0.258 e. The number of rotatable bonds is 5. The van der Waals surface area contributed by atoms with Crippen LogP contribution >= 0.6 is 0 Å². The molecule has 0 spiro atoms. The summed E-state index contributed by atoms with van der Waals surface area (Å²) in [5, 5.41) is 6.43. The first-order valence-electron chi connectivity index (χ1n) is 7.16. The van der Waals surface area contributed by atoms with E-state index in [9.17, 15) is 9.18 Å². The summed E-state index contributed by atoms with van der Waals surface area (Å²) in [5.41, 5.74) is 1.20. The normalized spacial score (nSPS) is 10.4. The van der Waals surface area contributed by atoms with Crippen molar-refractivity contribution in [3.63, 3.8) is 0 Å². The molecule has 0 saturated carbocycles. The topological polar surface area (TPSA) is 77.2 Å². The van der Waals surface area contributed by atoms with Gasteiger partial charge in [0.15, 0.2) is 5.82 Å². The summed E-state index contributed by atoms with van der Waals surface area (Å²) >= 11 is 0. The van der Waals surface area contributed by atoms with Gasteiger partial charge in [0.25, 0.3) is 5.89 Å². The number of halogens is 1. The minimum absolute atomic E-state index is 0.0507. The SMILES string of the molecule is COc1cccc(-c2nc(CC(=O)Nc3ccc(F)cc3)no2)c1. The Hall–Kier alpha value is -3.22. The minimum atomic E-state index is -0.367. The van der Waals surface area contributed by atoms with Crippen molar-refractivity contribution in [1.29, 1.82) is 0 Å². The van der Waals surface area contributed by atoms with E-state index in [0.29, 0.717) is 22.9 Å². The second-order valence-corrected chi connectivity index (χ2v) is 4.98. The summed E-state index contributed by atoms with van der Waals surface area (Å²) in [6.07, 6.45) is -0.0507. The molecular weight excluding hydrogens is 313 g/mol. The molecule has 1 aromatic heterocycles. The van der Waals surface area contributed by atoms with Crippen LogP contribution in [0.4, 0.5) is 10.1 Å². The van der Waals surface area contributed by atoms with Gasteiger partial charge in [-0.25, -0.2) is 4.39 Å². The third-order valence-corrected chi connectivity index (χ3v) is 3.23. The largest absolute Gasteiger partial charge is 0.497 e. The standard InChI is InChI=1S/C17H14FN3O3/c1-23-14-4-2-3-11(9-14)17-20-15(21-24-17)10-16(22)19-13-7-5-12(18)6-8-13/h2-9H,10H2,1H3,(H,19,22). The van der Waals surface area contributed by atoms with Gasteiger partial charge in [-0.1, -0.05) is 11.2 Å². The number of carbonyl (C=O) groups is 1. The van der Waals surface area contributed by atoms with E-state index in [2.05, 4.69) is 15.5 Å². The van der Waals surface area contributed by atoms with Crippen LogP contribution in [-0.2, 0) is 11.2 Å². The van der Waals surface area contributed by atoms with Gasteiger partial charge in [-0.2, -0.15) is 4.98 Å². The van der Waals surface area contributed by atoms with Crippen LogP contribution < -0.4 is 10.1 Å². The number of nitrogens with zero attached hydrogens (tertiary/aromatic N) is 2. The Morgan fingerprint density at radius 2 is 2.04 bits per heavy atom. The van der Waals surface area contributed by atoms with Crippen LogP contribution in [0.15, 0.2) is 53.1 Å². The van der Waals surface area contributed by atoms with E-state index in [4.69, 9.17) is 9.26 Å². The number of aromatic nitrogens is 2. The van der Waals surface area contributed by atoms with E-state index in [1.54, 1.807) is 31.4 Å². The molecule has 0 aliphatic heterocycles. The van der Waals surface area contributed by atoms with Crippen LogP contribution in [-0.4, -0.2) is 23.2 Å². The van der Waals surface area contributed by atoms with Crippen LogP contribution in [0.1, 0.15) is 5.82 Å². The summed E-state index contributed by atoms with van der Waals surface area (Å²) in [7, 11) is 1.57. The lowest BCUT2D eigenvalue weighted by Gasteiger charge is -2.02. The molecule has 0 unspecified atom stereocenters. The predicted molar refractivity (Wildman–Crippen MR) is 85.0 cm³/mol. The van der Waals surface area contributed by atoms with Crippen molar-refractivity contribution in [2.24, 2.45) is 0 Å². The van der Waals surface area contributed by atoms with Gasteiger partial charge in [-0.3, -0.25) is 4.79 Å². The fourth-order valence-electron chi connectivity index (χ4n) is 2.08. The van der Waals surface area contributed by atoms with E-state index in [0.717, 1.165) is 0 Å². The molecule has 1 heterocycles. The molecule has 24 heavy (non-hydrogen) atoms. The Kier molecular flexibility index (Phi) is 4.51. The number of carbonyl (C=O) groups excluding carboxylic acids is 1. The van der Waals surface area contributed by atoms with Gasteiger partial charge >= 0.3 is 0 Å². The molecular formula is C17H14FN3O3. The number of anilines is 1. The Morgan fingerprint density at radius 1 is 1.25 bits per heavy atom. The highest BCUT2D eigenvalue weighted by Gasteiger charge is 2.13. The third kappa shape index (κ3) is 3.75. The van der Waals surface area contributed by atoms with E-state index < -0.39 is 0 Å². The van der Waals surface area contributed by atoms with Crippen LogP contribution in [0.2, 0.25) is 0 Å². The van der Waals surface area contributed by atoms with E-state index in [1.807, 2.05) is 0 Å². The second kappa shape index (κ2) is 6.91. The average molecular weight is 327 g/mol. The first kappa shape index (κ1) is 15.7. The van der Waals surface area contributed by atoms with Crippen molar-refractivity contribution in [3.05, 3.63) is 60.2 Å². The molecule has 6 nitrogen and oxygen atoms in total. The number of benzene rings is 2. The van der Waals surface area contributed by atoms with Gasteiger partial charge in [-0.15, -0.1) is 0 Å². The fraction of sp³-hybridized carbons (Fsp3) is 0.118. The summed E-state index contributed by atoms with van der Waals surface area (Å²) in [5.74, 6) is 0.543. The summed E-state index contributed by atoms with van der Waals surface area (Å²) in [6, 6.07) is 12.7. The number of ether oxygens (including phenoxy) is 1. The van der Waals surface area contributed by atoms with Gasteiger partial charge in [-0.05, 0) is 42.5 Å². The van der Waals surface area contributed by atoms with Crippen molar-refractivity contribution in [1.82, 2.24) is 10.1 Å². The molecule has 1 amide bonds. The second-order valence-electron chi connectivity index (χ2n) is 4.98. The predicted octanol–water partition coefficient (Wildman–Crippen LogP) is 3.07. The van der Waals surface area contributed by atoms with Crippen molar-refractivity contribution in [2.75, 3.05) is 12.4 Å². The lowest BCUT2D eigenvalue weighted by Crippen LogP contribution is -2.15. The van der Waals surface area contributed by atoms with Crippen LogP contribution in [0, 0.1) is 5.82 Å². The highest BCUT2D eigenvalue weighted by Crippen LogP contribution is 2.22. The molecule has 7 heteroatoms. The van der Waals surface area contributed by atoms with E-state index in [1.165, 1.54) is 24.3 Å². The van der Waals surface area contributed by atoms with Crippen molar-refractivity contribution < 1.29 is 18.4 Å².